The lowest BCUT2D eigenvalue weighted by molar-refractivity contribution is -0.131. The van der Waals surface area contributed by atoms with Crippen LogP contribution in [0.4, 0.5) is 0 Å². The summed E-state index contributed by atoms with van der Waals surface area (Å²) in [6, 6.07) is 0. The topological polar surface area (TPSA) is 37.3 Å². The van der Waals surface area contributed by atoms with E-state index in [1.165, 1.54) is 0 Å². The minimum atomic E-state index is -0.873. The average Bonchev–Trinajstić information content (AvgIpc) is 1.61. The molecule has 0 rings (SSSR count). The van der Waals surface area contributed by atoms with E-state index in [1.807, 2.05) is 6.92 Å². The Kier molecular flexibility index (Phi) is 3.02. The molecule has 0 saturated carbocycles. The molecule has 2 heteroatoms. The van der Waals surface area contributed by atoms with Gasteiger partial charge in [-0.2, -0.15) is 0 Å². The van der Waals surface area contributed by atoms with Crippen molar-refractivity contribution in [2.24, 2.45) is 0 Å². The second-order valence-corrected chi connectivity index (χ2v) is 1.15. The Morgan fingerprint density at radius 1 is 1.86 bits per heavy atom. The van der Waals surface area contributed by atoms with Gasteiger partial charge in [0.25, 0.3) is 0 Å². The largest absolute Gasteiger partial charge is 0.478 e. The molecule has 0 spiro atoms. The summed E-state index contributed by atoms with van der Waals surface area (Å²) in [4.78, 5) is 9.67. The van der Waals surface area contributed by atoms with Crippen molar-refractivity contribution in [1.29, 1.82) is 0 Å². The summed E-state index contributed by atoms with van der Waals surface area (Å²) in [6.07, 6.45) is 3.52. The van der Waals surface area contributed by atoms with E-state index in [4.69, 9.17) is 5.11 Å². The first-order valence-corrected chi connectivity index (χ1v) is 2.17. The Morgan fingerprint density at radius 2 is 2.43 bits per heavy atom. The summed E-state index contributed by atoms with van der Waals surface area (Å²) < 4.78 is 0. The normalized spacial score (nSPS) is 9.86. The van der Waals surface area contributed by atoms with Crippen LogP contribution < -0.4 is 0 Å². The summed E-state index contributed by atoms with van der Waals surface area (Å²) in [5.41, 5.74) is 0. The summed E-state index contributed by atoms with van der Waals surface area (Å²) in [6.45, 7) is 1.89. The summed E-state index contributed by atoms with van der Waals surface area (Å²) >= 11 is 0. The third-order valence-corrected chi connectivity index (χ3v) is 0.496. The van der Waals surface area contributed by atoms with Crippen molar-refractivity contribution in [3.63, 3.8) is 0 Å². The fourth-order valence-electron chi connectivity index (χ4n) is 0.219. The Morgan fingerprint density at radius 3 is 2.57 bits per heavy atom. The van der Waals surface area contributed by atoms with Crippen molar-refractivity contribution in [1.82, 2.24) is 0 Å². The first kappa shape index (κ1) is 6.21. The molecule has 0 heterocycles. The Balaban J connectivity index is 3.26. The highest BCUT2D eigenvalue weighted by Crippen LogP contribution is 1.76. The molecule has 7 heavy (non-hydrogen) atoms. The molecule has 0 saturated heterocycles. The van der Waals surface area contributed by atoms with Gasteiger partial charge in [0, 0.05) is 6.08 Å². The predicted octanol–water partition coefficient (Wildman–Crippen LogP) is 1.04. The number of carboxylic acids is 1. The molecule has 1 N–H and O–H groups in total. The third-order valence-electron chi connectivity index (χ3n) is 0.496. The number of allylic oxidation sites excluding steroid dienone is 1. The molecular weight excluding hydrogens is 92.1 g/mol. The van der Waals surface area contributed by atoms with Gasteiger partial charge in [-0.05, 0) is 6.42 Å². The van der Waals surface area contributed by atoms with Crippen molar-refractivity contribution in [2.45, 2.75) is 13.3 Å². The molecule has 2 nitrogen and oxygen atoms in total. The molecule has 0 aromatic heterocycles. The van der Waals surface area contributed by atoms with Crippen LogP contribution in [0.2, 0.25) is 0 Å². The molecule has 0 unspecified atom stereocenters. The molecule has 0 amide bonds. The van der Waals surface area contributed by atoms with Crippen LogP contribution in [0.1, 0.15) is 13.3 Å². The highest BCUT2D eigenvalue weighted by Gasteiger charge is 1.79. The number of hydrogen-bond donors (Lipinski definition) is 1. The van der Waals surface area contributed by atoms with E-state index in [-0.39, 0.29) is 0 Å². The van der Waals surface area contributed by atoms with E-state index in [9.17, 15) is 4.79 Å². The van der Waals surface area contributed by atoms with Crippen molar-refractivity contribution in [3.05, 3.63) is 12.2 Å². The van der Waals surface area contributed by atoms with Gasteiger partial charge in [-0.3, -0.25) is 0 Å². The lowest BCUT2D eigenvalue weighted by Crippen LogP contribution is -1.84. The van der Waals surface area contributed by atoms with Crippen LogP contribution in [0.15, 0.2) is 12.2 Å². The number of aliphatic carboxylic acids is 1. The van der Waals surface area contributed by atoms with Gasteiger partial charge in [0.05, 0.1) is 0 Å². The van der Waals surface area contributed by atoms with Crippen LogP contribution in [0.25, 0.3) is 0 Å². The molecule has 0 aliphatic carbocycles. The van der Waals surface area contributed by atoms with E-state index in [0.29, 0.717) is 0 Å². The number of rotatable bonds is 2. The first-order valence-electron chi connectivity index (χ1n) is 2.17. The second-order valence-electron chi connectivity index (χ2n) is 1.15. The summed E-state index contributed by atoms with van der Waals surface area (Å²) in [7, 11) is 0. The number of hydrogen-bond acceptors (Lipinski definition) is 1. The molecule has 0 radical (unpaired) electrons. The van der Waals surface area contributed by atoms with Crippen molar-refractivity contribution in [2.75, 3.05) is 0 Å². The zero-order valence-electron chi connectivity index (χ0n) is 4.22. The predicted molar refractivity (Wildman–Crippen MR) is 27.1 cm³/mol. The molecule has 0 aromatic rings. The number of carbonyl (C=O) groups is 1. The van der Waals surface area contributed by atoms with Crippen LogP contribution in [0.3, 0.4) is 0 Å². The zero-order chi connectivity index (χ0) is 5.70. The van der Waals surface area contributed by atoms with Gasteiger partial charge in [0.2, 0.25) is 0 Å². The standard InChI is InChI=1S/C5H8O2/c1-2-3-4-5(6)7/h3-4H,2H2,1H3,(H,6,7)/b4-3-. The first-order chi connectivity index (χ1) is 3.27. The third kappa shape index (κ3) is 5.21. The fraction of sp³-hybridized carbons (Fsp3) is 0.400. The maximum absolute atomic E-state index is 9.67. The van der Waals surface area contributed by atoms with Gasteiger partial charge < -0.3 is 5.11 Å². The minimum absolute atomic E-state index is 0.784. The van der Waals surface area contributed by atoms with E-state index < -0.39 is 5.97 Å². The zero-order valence-corrected chi connectivity index (χ0v) is 4.22. The maximum atomic E-state index is 9.67. The second kappa shape index (κ2) is 3.40. The molecule has 0 aliphatic rings. The van der Waals surface area contributed by atoms with E-state index in [0.717, 1.165) is 12.5 Å². The van der Waals surface area contributed by atoms with Crippen molar-refractivity contribution >= 4 is 5.97 Å². The van der Waals surface area contributed by atoms with Crippen LogP contribution in [0.5, 0.6) is 0 Å². The SMILES string of the molecule is CC/C=C\C(=O)O. The Labute approximate surface area is 42.5 Å². The summed E-state index contributed by atoms with van der Waals surface area (Å²) in [5.74, 6) is -0.873. The van der Waals surface area contributed by atoms with Crippen LogP contribution >= 0.6 is 0 Å². The van der Waals surface area contributed by atoms with Gasteiger partial charge in [-0.15, -0.1) is 0 Å². The van der Waals surface area contributed by atoms with Crippen LogP contribution in [-0.4, -0.2) is 11.1 Å². The maximum Gasteiger partial charge on any atom is 0.327 e. The van der Waals surface area contributed by atoms with Gasteiger partial charge in [0.15, 0.2) is 0 Å². The molecular formula is C5H8O2. The minimum Gasteiger partial charge on any atom is -0.478 e. The monoisotopic (exact) mass is 100 g/mol. The van der Waals surface area contributed by atoms with Crippen LogP contribution in [-0.2, 0) is 4.79 Å². The molecule has 40 valence electrons. The molecule has 0 fully saturated rings. The molecule has 0 aliphatic heterocycles. The van der Waals surface area contributed by atoms with Gasteiger partial charge in [-0.1, -0.05) is 13.0 Å². The lowest BCUT2D eigenvalue weighted by Gasteiger charge is -1.73. The lowest BCUT2D eigenvalue weighted by atomic mass is 10.4. The molecule has 0 aromatic carbocycles. The summed E-state index contributed by atoms with van der Waals surface area (Å²) in [5, 5.41) is 7.96. The van der Waals surface area contributed by atoms with Gasteiger partial charge in [0.1, 0.15) is 0 Å². The van der Waals surface area contributed by atoms with E-state index >= 15 is 0 Å². The van der Waals surface area contributed by atoms with E-state index in [2.05, 4.69) is 0 Å². The highest BCUT2D eigenvalue weighted by molar-refractivity contribution is 5.79. The van der Waals surface area contributed by atoms with Gasteiger partial charge in [-0.25, -0.2) is 4.79 Å². The average molecular weight is 100 g/mol. The van der Waals surface area contributed by atoms with E-state index in [1.54, 1.807) is 6.08 Å². The Hall–Kier alpha value is -0.790. The smallest absolute Gasteiger partial charge is 0.327 e. The fourth-order valence-corrected chi connectivity index (χ4v) is 0.219. The van der Waals surface area contributed by atoms with Crippen molar-refractivity contribution < 1.29 is 9.90 Å². The molecule has 0 bridgehead atoms. The quantitative estimate of drug-likeness (QED) is 0.526. The number of carboxylic acid groups (broad SMARTS) is 1. The van der Waals surface area contributed by atoms with Crippen LogP contribution in [0, 0.1) is 0 Å². The Bertz CT molecular complexity index is 84.1. The van der Waals surface area contributed by atoms with Gasteiger partial charge >= 0.3 is 5.97 Å². The highest BCUT2D eigenvalue weighted by atomic mass is 16.4. The van der Waals surface area contributed by atoms with Crippen molar-refractivity contribution in [3.8, 4) is 0 Å². The molecule has 0 atom stereocenters.